The van der Waals surface area contributed by atoms with Crippen LogP contribution in [0.4, 0.5) is 10.5 Å². The summed E-state index contributed by atoms with van der Waals surface area (Å²) in [5.41, 5.74) is 3.26. The zero-order valence-corrected chi connectivity index (χ0v) is 14.8. The van der Waals surface area contributed by atoms with E-state index in [1.165, 1.54) is 0 Å². The van der Waals surface area contributed by atoms with E-state index in [1.54, 1.807) is 29.2 Å². The molecule has 0 bridgehead atoms. The minimum absolute atomic E-state index is 0.312. The molecule has 8 nitrogen and oxygen atoms in total. The summed E-state index contributed by atoms with van der Waals surface area (Å²) in [7, 11) is 0. The Hall–Kier alpha value is -2.79. The number of hydrogen-bond donors (Lipinski definition) is 2. The summed E-state index contributed by atoms with van der Waals surface area (Å²) in [6, 6.07) is 9.06. The Morgan fingerprint density at radius 2 is 1.92 bits per heavy atom. The molecule has 1 aliphatic heterocycles. The molecular formula is C17H24N6O2. The molecule has 0 spiro atoms. The highest BCUT2D eigenvalue weighted by Gasteiger charge is 2.26. The summed E-state index contributed by atoms with van der Waals surface area (Å²) >= 11 is 0. The molecule has 134 valence electrons. The number of nitrogens with zero attached hydrogens (tertiary/aromatic N) is 4. The van der Waals surface area contributed by atoms with Crippen molar-refractivity contribution in [3.63, 3.8) is 0 Å². The van der Waals surface area contributed by atoms with E-state index in [0.29, 0.717) is 43.4 Å². The van der Waals surface area contributed by atoms with Gasteiger partial charge in [-0.3, -0.25) is 5.43 Å². The van der Waals surface area contributed by atoms with Gasteiger partial charge in [0.05, 0.1) is 17.3 Å². The molecule has 0 aliphatic carbocycles. The maximum absolute atomic E-state index is 12.1. The van der Waals surface area contributed by atoms with E-state index in [2.05, 4.69) is 16.5 Å². The normalized spacial score (nSPS) is 15.6. The van der Waals surface area contributed by atoms with Crippen LogP contribution >= 0.6 is 0 Å². The van der Waals surface area contributed by atoms with Gasteiger partial charge in [-0.15, -0.1) is 0 Å². The highest BCUT2D eigenvalue weighted by molar-refractivity contribution is 5.82. The zero-order chi connectivity index (χ0) is 18.4. The molecule has 3 N–H and O–H groups in total. The number of benzene rings is 1. The Labute approximate surface area is 147 Å². The van der Waals surface area contributed by atoms with Crippen LogP contribution < -0.4 is 11.3 Å². The number of carbonyl (C=O) groups excluding carboxylic acids is 1. The third-order valence-electron chi connectivity index (χ3n) is 3.57. The van der Waals surface area contributed by atoms with Gasteiger partial charge in [-0.2, -0.15) is 5.26 Å². The van der Waals surface area contributed by atoms with Crippen LogP contribution in [0.1, 0.15) is 26.3 Å². The van der Waals surface area contributed by atoms with E-state index in [-0.39, 0.29) is 6.09 Å². The van der Waals surface area contributed by atoms with Crippen molar-refractivity contribution in [1.29, 1.82) is 5.26 Å². The second-order valence-corrected chi connectivity index (χ2v) is 6.70. The minimum Gasteiger partial charge on any atom is -0.444 e. The van der Waals surface area contributed by atoms with Crippen molar-refractivity contribution in [1.82, 2.24) is 15.2 Å². The monoisotopic (exact) mass is 344 g/mol. The number of aliphatic imine (C=N–C) groups is 1. The maximum Gasteiger partial charge on any atom is 0.410 e. The van der Waals surface area contributed by atoms with Gasteiger partial charge in [-0.1, -0.05) is 6.07 Å². The molecule has 8 heteroatoms. The Bertz CT molecular complexity index is 681. The predicted octanol–water partition coefficient (Wildman–Crippen LogP) is 1.56. The number of hydrogen-bond acceptors (Lipinski definition) is 5. The van der Waals surface area contributed by atoms with Crippen molar-refractivity contribution in [2.24, 2.45) is 10.8 Å². The molecule has 1 saturated heterocycles. The Morgan fingerprint density at radius 3 is 2.48 bits per heavy atom. The van der Waals surface area contributed by atoms with E-state index >= 15 is 0 Å². The van der Waals surface area contributed by atoms with Crippen LogP contribution in [0.2, 0.25) is 0 Å². The molecule has 1 amide bonds. The van der Waals surface area contributed by atoms with Crippen molar-refractivity contribution in [2.75, 3.05) is 26.2 Å². The molecule has 1 aromatic carbocycles. The highest BCUT2D eigenvalue weighted by atomic mass is 16.6. The van der Waals surface area contributed by atoms with E-state index in [1.807, 2.05) is 25.7 Å². The molecule has 1 heterocycles. The number of guanidine groups is 1. The van der Waals surface area contributed by atoms with Gasteiger partial charge in [0.15, 0.2) is 0 Å². The third-order valence-corrected chi connectivity index (χ3v) is 3.57. The van der Waals surface area contributed by atoms with Gasteiger partial charge in [-0.05, 0) is 39.0 Å². The van der Waals surface area contributed by atoms with Crippen LogP contribution in [0.3, 0.4) is 0 Å². The van der Waals surface area contributed by atoms with Crippen molar-refractivity contribution in [3.8, 4) is 6.07 Å². The number of amides is 1. The molecule has 1 fully saturated rings. The van der Waals surface area contributed by atoms with Crippen LogP contribution in [0.15, 0.2) is 29.3 Å². The number of rotatable bonds is 1. The number of nitrogens with two attached hydrogens (primary N) is 1. The van der Waals surface area contributed by atoms with Gasteiger partial charge in [0.2, 0.25) is 5.96 Å². The quantitative estimate of drug-likeness (QED) is 0.346. The lowest BCUT2D eigenvalue weighted by atomic mass is 10.2. The topological polar surface area (TPSA) is 107 Å². The lowest BCUT2D eigenvalue weighted by Crippen LogP contribution is -2.55. The summed E-state index contributed by atoms with van der Waals surface area (Å²) < 4.78 is 5.39. The second-order valence-electron chi connectivity index (χ2n) is 6.70. The minimum atomic E-state index is -0.509. The van der Waals surface area contributed by atoms with Crippen molar-refractivity contribution in [2.45, 2.75) is 26.4 Å². The van der Waals surface area contributed by atoms with Crippen LogP contribution in [-0.4, -0.2) is 53.6 Å². The van der Waals surface area contributed by atoms with Crippen LogP contribution in [0.25, 0.3) is 0 Å². The number of nitriles is 1. The average Bonchev–Trinajstić information content (AvgIpc) is 2.58. The molecule has 0 radical (unpaired) electrons. The first-order valence-electron chi connectivity index (χ1n) is 8.11. The number of ether oxygens (including phenoxy) is 1. The van der Waals surface area contributed by atoms with Gasteiger partial charge >= 0.3 is 6.09 Å². The van der Waals surface area contributed by atoms with Crippen molar-refractivity contribution < 1.29 is 9.53 Å². The molecule has 25 heavy (non-hydrogen) atoms. The largest absolute Gasteiger partial charge is 0.444 e. The Morgan fingerprint density at radius 1 is 1.28 bits per heavy atom. The lowest BCUT2D eigenvalue weighted by molar-refractivity contribution is 0.0185. The van der Waals surface area contributed by atoms with Gasteiger partial charge < -0.3 is 14.5 Å². The van der Waals surface area contributed by atoms with Crippen LogP contribution in [-0.2, 0) is 4.74 Å². The first-order chi connectivity index (χ1) is 11.8. The van der Waals surface area contributed by atoms with Crippen LogP contribution in [0, 0.1) is 11.3 Å². The van der Waals surface area contributed by atoms with Gasteiger partial charge in [0, 0.05) is 26.2 Å². The standard InChI is InChI=1S/C17H24N6O2/c1-17(2,3)25-16(24)23-9-7-22(8-10-23)15(21-19)20-14-6-4-5-13(11-14)12-18/h4-6,11H,7-10,19H2,1-3H3,(H,20,21). The third kappa shape index (κ3) is 5.36. The molecule has 1 aromatic rings. The van der Waals surface area contributed by atoms with E-state index < -0.39 is 5.60 Å². The fourth-order valence-corrected chi connectivity index (χ4v) is 2.39. The zero-order valence-electron chi connectivity index (χ0n) is 14.8. The highest BCUT2D eigenvalue weighted by Crippen LogP contribution is 2.16. The van der Waals surface area contributed by atoms with Gasteiger partial charge in [0.25, 0.3) is 0 Å². The molecule has 0 atom stereocenters. The molecular weight excluding hydrogens is 320 g/mol. The maximum atomic E-state index is 12.1. The summed E-state index contributed by atoms with van der Waals surface area (Å²) in [5.74, 6) is 6.11. The number of carbonyl (C=O) groups is 1. The Kier molecular flexibility index (Phi) is 5.83. The van der Waals surface area contributed by atoms with Gasteiger partial charge in [-0.25, -0.2) is 15.6 Å². The summed E-state index contributed by atoms with van der Waals surface area (Å²) in [6.45, 7) is 7.75. The first kappa shape index (κ1) is 18.5. The number of piperazine rings is 1. The number of nitrogens with one attached hydrogen (secondary N) is 1. The molecule has 0 aromatic heterocycles. The predicted molar refractivity (Wildman–Crippen MR) is 95.0 cm³/mol. The molecule has 1 aliphatic rings. The fraction of sp³-hybridized carbons (Fsp3) is 0.471. The summed E-state index contributed by atoms with van der Waals surface area (Å²) in [6.07, 6.45) is -0.312. The average molecular weight is 344 g/mol. The molecule has 0 unspecified atom stereocenters. The van der Waals surface area contributed by atoms with Crippen LogP contribution in [0.5, 0.6) is 0 Å². The van der Waals surface area contributed by atoms with Crippen molar-refractivity contribution in [3.05, 3.63) is 29.8 Å². The van der Waals surface area contributed by atoms with E-state index in [4.69, 9.17) is 15.8 Å². The van der Waals surface area contributed by atoms with Gasteiger partial charge in [0.1, 0.15) is 5.60 Å². The lowest BCUT2D eigenvalue weighted by Gasteiger charge is -2.36. The second kappa shape index (κ2) is 7.85. The molecule has 2 rings (SSSR count). The smallest absolute Gasteiger partial charge is 0.410 e. The van der Waals surface area contributed by atoms with E-state index in [9.17, 15) is 4.79 Å². The fourth-order valence-electron chi connectivity index (χ4n) is 2.39. The summed E-state index contributed by atoms with van der Waals surface area (Å²) in [4.78, 5) is 20.2. The Balaban J connectivity index is 2.01. The first-order valence-corrected chi connectivity index (χ1v) is 8.11. The molecule has 0 saturated carbocycles. The summed E-state index contributed by atoms with van der Waals surface area (Å²) in [5, 5.41) is 8.97. The SMILES string of the molecule is CC(C)(C)OC(=O)N1CCN(C(=Nc2cccc(C#N)c2)NN)CC1. The van der Waals surface area contributed by atoms with Crippen molar-refractivity contribution >= 4 is 17.7 Å². The van der Waals surface area contributed by atoms with E-state index in [0.717, 1.165) is 0 Å². The number of hydrazine groups is 1.